The van der Waals surface area contributed by atoms with Crippen molar-refractivity contribution in [3.8, 4) is 0 Å². The molecular weight excluding hydrogens is 226 g/mol. The maximum absolute atomic E-state index is 2.82. The van der Waals surface area contributed by atoms with Crippen LogP contribution in [0.5, 0.6) is 0 Å². The summed E-state index contributed by atoms with van der Waals surface area (Å²) in [5.41, 5.74) is 0. The Bertz CT molecular complexity index is 384. The number of hydrogen-bond acceptors (Lipinski definition) is 2. The van der Waals surface area contributed by atoms with Gasteiger partial charge in [0.15, 0.2) is 0 Å². The molecule has 0 amide bonds. The van der Waals surface area contributed by atoms with Gasteiger partial charge in [0.25, 0.3) is 0 Å². The molecule has 2 aliphatic heterocycles. The molecule has 0 saturated carbocycles. The van der Waals surface area contributed by atoms with Crippen LogP contribution in [0, 0.1) is 0 Å². The molecule has 0 aromatic carbocycles. The lowest BCUT2D eigenvalue weighted by Gasteiger charge is -2.28. The molecule has 0 bridgehead atoms. The van der Waals surface area contributed by atoms with Crippen molar-refractivity contribution in [2.75, 3.05) is 0 Å². The molecular formula is C15H23NS. The molecule has 1 aromatic heterocycles. The molecule has 0 unspecified atom stereocenters. The minimum atomic E-state index is 0.832. The Morgan fingerprint density at radius 2 is 1.94 bits per heavy atom. The predicted octanol–water partition coefficient (Wildman–Crippen LogP) is 3.87. The summed E-state index contributed by atoms with van der Waals surface area (Å²) in [7, 11) is 0. The molecule has 0 spiro atoms. The first-order valence-electron chi connectivity index (χ1n) is 7.13. The van der Waals surface area contributed by atoms with E-state index in [2.05, 4.69) is 30.9 Å². The lowest BCUT2D eigenvalue weighted by Crippen LogP contribution is -2.37. The van der Waals surface area contributed by atoms with Crippen molar-refractivity contribution in [1.29, 1.82) is 0 Å². The highest BCUT2D eigenvalue weighted by atomic mass is 32.1. The summed E-state index contributed by atoms with van der Waals surface area (Å²) in [5.74, 6) is 0. The van der Waals surface area contributed by atoms with Crippen molar-refractivity contribution in [3.63, 3.8) is 0 Å². The SMILES string of the molecule is CCc1ccc(C[C@@H]2CC[C@@H]3CC[C@H](C)N32)s1. The number of thiophene rings is 1. The van der Waals surface area contributed by atoms with Gasteiger partial charge in [-0.05, 0) is 57.6 Å². The van der Waals surface area contributed by atoms with Gasteiger partial charge in [0.1, 0.15) is 0 Å². The molecule has 17 heavy (non-hydrogen) atoms. The van der Waals surface area contributed by atoms with E-state index in [1.165, 1.54) is 38.5 Å². The zero-order valence-corrected chi connectivity index (χ0v) is 11.8. The maximum Gasteiger partial charge on any atom is 0.0150 e. The zero-order valence-electron chi connectivity index (χ0n) is 11.0. The Morgan fingerprint density at radius 3 is 2.71 bits per heavy atom. The van der Waals surface area contributed by atoms with E-state index in [4.69, 9.17) is 0 Å². The molecule has 2 saturated heterocycles. The van der Waals surface area contributed by atoms with Crippen LogP contribution < -0.4 is 0 Å². The number of nitrogens with zero attached hydrogens (tertiary/aromatic N) is 1. The van der Waals surface area contributed by atoms with Gasteiger partial charge < -0.3 is 0 Å². The van der Waals surface area contributed by atoms with E-state index in [-0.39, 0.29) is 0 Å². The second kappa shape index (κ2) is 4.74. The smallest absolute Gasteiger partial charge is 0.0150 e. The summed E-state index contributed by atoms with van der Waals surface area (Å²) in [6, 6.07) is 7.26. The van der Waals surface area contributed by atoms with Gasteiger partial charge >= 0.3 is 0 Å². The van der Waals surface area contributed by atoms with Gasteiger partial charge in [0, 0.05) is 27.9 Å². The van der Waals surface area contributed by atoms with Crippen LogP contribution in [0.4, 0.5) is 0 Å². The van der Waals surface area contributed by atoms with E-state index >= 15 is 0 Å². The van der Waals surface area contributed by atoms with Gasteiger partial charge in [0.05, 0.1) is 0 Å². The molecule has 94 valence electrons. The normalized spacial score (nSPS) is 33.2. The maximum atomic E-state index is 2.82. The summed E-state index contributed by atoms with van der Waals surface area (Å²) in [4.78, 5) is 5.97. The fourth-order valence-electron chi connectivity index (χ4n) is 3.74. The molecule has 3 atom stereocenters. The summed E-state index contributed by atoms with van der Waals surface area (Å²) >= 11 is 2.03. The van der Waals surface area contributed by atoms with Gasteiger partial charge in [0.2, 0.25) is 0 Å². The molecule has 2 fully saturated rings. The third-order valence-corrected chi connectivity index (χ3v) is 5.86. The van der Waals surface area contributed by atoms with E-state index in [9.17, 15) is 0 Å². The molecule has 0 aliphatic carbocycles. The summed E-state index contributed by atoms with van der Waals surface area (Å²) in [5, 5.41) is 0. The van der Waals surface area contributed by atoms with Crippen molar-refractivity contribution in [2.24, 2.45) is 0 Å². The highest BCUT2D eigenvalue weighted by molar-refractivity contribution is 7.11. The third kappa shape index (κ3) is 2.17. The molecule has 1 aromatic rings. The van der Waals surface area contributed by atoms with Crippen molar-refractivity contribution >= 4 is 11.3 Å². The number of fused-ring (bicyclic) bond motifs is 1. The van der Waals surface area contributed by atoms with Crippen LogP contribution in [0.15, 0.2) is 12.1 Å². The number of hydrogen-bond donors (Lipinski definition) is 0. The van der Waals surface area contributed by atoms with Gasteiger partial charge in [-0.25, -0.2) is 0 Å². The summed E-state index contributed by atoms with van der Waals surface area (Å²) in [6.45, 7) is 4.67. The largest absolute Gasteiger partial charge is 0.294 e. The molecule has 2 heteroatoms. The van der Waals surface area contributed by atoms with E-state index in [1.807, 2.05) is 11.3 Å². The minimum Gasteiger partial charge on any atom is -0.294 e. The van der Waals surface area contributed by atoms with Crippen LogP contribution >= 0.6 is 11.3 Å². The molecule has 3 heterocycles. The third-order valence-electron chi connectivity index (χ3n) is 4.61. The molecule has 0 N–H and O–H groups in total. The zero-order chi connectivity index (χ0) is 11.8. The van der Waals surface area contributed by atoms with Crippen LogP contribution in [-0.4, -0.2) is 23.0 Å². The number of aryl methyl sites for hydroxylation is 1. The second-order valence-electron chi connectivity index (χ2n) is 5.68. The molecule has 2 aliphatic rings. The fourth-order valence-corrected chi connectivity index (χ4v) is 4.77. The second-order valence-corrected chi connectivity index (χ2v) is 6.94. The van der Waals surface area contributed by atoms with E-state index in [0.29, 0.717) is 0 Å². The van der Waals surface area contributed by atoms with Crippen LogP contribution in [0.25, 0.3) is 0 Å². The standard InChI is InChI=1S/C15H23NS/c1-3-14-8-9-15(17-14)10-13-7-6-12-5-4-11(2)16(12)13/h8-9,11-13H,3-7,10H2,1-2H3/t11-,12-,13-/m0/s1. The molecule has 1 nitrogen and oxygen atoms in total. The first-order chi connectivity index (χ1) is 8.28. The average molecular weight is 249 g/mol. The Hall–Kier alpha value is -0.340. The van der Waals surface area contributed by atoms with Crippen molar-refractivity contribution in [1.82, 2.24) is 4.90 Å². The van der Waals surface area contributed by atoms with Crippen LogP contribution in [-0.2, 0) is 12.8 Å². The molecule has 3 rings (SSSR count). The minimum absolute atomic E-state index is 0.832. The Balaban J connectivity index is 1.69. The van der Waals surface area contributed by atoms with E-state index in [0.717, 1.165) is 18.1 Å². The topological polar surface area (TPSA) is 3.24 Å². The highest BCUT2D eigenvalue weighted by Gasteiger charge is 2.40. The monoisotopic (exact) mass is 249 g/mol. The van der Waals surface area contributed by atoms with Gasteiger partial charge in [-0.2, -0.15) is 0 Å². The van der Waals surface area contributed by atoms with Gasteiger partial charge in [-0.1, -0.05) is 6.92 Å². The highest BCUT2D eigenvalue weighted by Crippen LogP contribution is 2.38. The first kappa shape index (κ1) is 11.7. The predicted molar refractivity (Wildman–Crippen MR) is 74.7 cm³/mol. The number of rotatable bonds is 3. The van der Waals surface area contributed by atoms with Gasteiger partial charge in [-0.15, -0.1) is 11.3 Å². The van der Waals surface area contributed by atoms with Gasteiger partial charge in [-0.3, -0.25) is 4.90 Å². The lowest BCUT2D eigenvalue weighted by molar-refractivity contribution is 0.191. The van der Waals surface area contributed by atoms with E-state index in [1.54, 1.807) is 9.75 Å². The van der Waals surface area contributed by atoms with Crippen molar-refractivity contribution in [2.45, 2.75) is 70.5 Å². The van der Waals surface area contributed by atoms with Crippen LogP contribution in [0.2, 0.25) is 0 Å². The van der Waals surface area contributed by atoms with Crippen molar-refractivity contribution < 1.29 is 0 Å². The quantitative estimate of drug-likeness (QED) is 0.786. The molecule has 0 radical (unpaired) electrons. The summed E-state index contributed by atoms with van der Waals surface area (Å²) in [6.07, 6.45) is 8.23. The lowest BCUT2D eigenvalue weighted by atomic mass is 10.1. The van der Waals surface area contributed by atoms with Crippen LogP contribution in [0.3, 0.4) is 0 Å². The first-order valence-corrected chi connectivity index (χ1v) is 7.94. The summed E-state index contributed by atoms with van der Waals surface area (Å²) < 4.78 is 0. The van der Waals surface area contributed by atoms with Crippen molar-refractivity contribution in [3.05, 3.63) is 21.9 Å². The van der Waals surface area contributed by atoms with E-state index < -0.39 is 0 Å². The Labute approximate surface area is 109 Å². The average Bonchev–Trinajstić information content (AvgIpc) is 2.99. The Kier molecular flexibility index (Phi) is 3.27. The van der Waals surface area contributed by atoms with Crippen LogP contribution in [0.1, 0.15) is 49.3 Å². The fraction of sp³-hybridized carbons (Fsp3) is 0.733. The Morgan fingerprint density at radius 1 is 1.18 bits per heavy atom.